The largest absolute Gasteiger partial charge is 0.493 e. The molecule has 0 aliphatic carbocycles. The maximum absolute atomic E-state index is 5.81. The molecule has 0 bridgehead atoms. The molecule has 2 rings (SSSR count). The maximum atomic E-state index is 5.81. The Morgan fingerprint density at radius 2 is 2.11 bits per heavy atom. The van der Waals surface area contributed by atoms with Crippen LogP contribution in [0, 0.1) is 13.8 Å². The fourth-order valence-corrected chi connectivity index (χ4v) is 1.88. The minimum absolute atomic E-state index is 0.777. The third-order valence-corrected chi connectivity index (χ3v) is 3.18. The number of hydrogen-bond acceptors (Lipinski definition) is 2. The van der Waals surface area contributed by atoms with Crippen LogP contribution in [0.3, 0.4) is 0 Å². The number of hydrogen-bond donors (Lipinski definition) is 0. The standard InChI is InChI=1S/C15H20N2O/c1-13-6-5-7-15(14(13)2)18-11-4-3-9-17-10-8-16-12-17/h5-8,10,12H,3-4,9,11H2,1-2H3. The van der Waals surface area contributed by atoms with Gasteiger partial charge in [-0.25, -0.2) is 4.98 Å². The zero-order valence-electron chi connectivity index (χ0n) is 11.1. The van der Waals surface area contributed by atoms with Crippen LogP contribution < -0.4 is 4.74 Å². The van der Waals surface area contributed by atoms with Crippen molar-refractivity contribution in [1.82, 2.24) is 9.55 Å². The van der Waals surface area contributed by atoms with Gasteiger partial charge in [-0.05, 0) is 43.9 Å². The van der Waals surface area contributed by atoms with Crippen LogP contribution in [0.1, 0.15) is 24.0 Å². The third kappa shape index (κ3) is 3.36. The molecule has 18 heavy (non-hydrogen) atoms. The Morgan fingerprint density at radius 1 is 1.22 bits per heavy atom. The van der Waals surface area contributed by atoms with E-state index in [0.717, 1.165) is 31.7 Å². The number of unbranched alkanes of at least 4 members (excludes halogenated alkanes) is 1. The van der Waals surface area contributed by atoms with Crippen molar-refractivity contribution in [1.29, 1.82) is 0 Å². The molecule has 1 aromatic heterocycles. The number of nitrogens with zero attached hydrogens (tertiary/aromatic N) is 2. The minimum Gasteiger partial charge on any atom is -0.493 e. The van der Waals surface area contributed by atoms with Gasteiger partial charge in [0.2, 0.25) is 0 Å². The van der Waals surface area contributed by atoms with Crippen molar-refractivity contribution in [3.8, 4) is 5.75 Å². The van der Waals surface area contributed by atoms with E-state index < -0.39 is 0 Å². The minimum atomic E-state index is 0.777. The van der Waals surface area contributed by atoms with Gasteiger partial charge < -0.3 is 9.30 Å². The number of aryl methyl sites for hydroxylation is 2. The smallest absolute Gasteiger partial charge is 0.122 e. The lowest BCUT2D eigenvalue weighted by atomic mass is 10.1. The predicted octanol–water partition coefficient (Wildman–Crippen LogP) is 3.36. The van der Waals surface area contributed by atoms with E-state index in [4.69, 9.17) is 4.74 Å². The summed E-state index contributed by atoms with van der Waals surface area (Å²) in [6, 6.07) is 6.20. The summed E-state index contributed by atoms with van der Waals surface area (Å²) in [5.41, 5.74) is 2.53. The van der Waals surface area contributed by atoms with Gasteiger partial charge in [-0.15, -0.1) is 0 Å². The Morgan fingerprint density at radius 3 is 2.89 bits per heavy atom. The molecule has 0 radical (unpaired) electrons. The van der Waals surface area contributed by atoms with Gasteiger partial charge in [0.15, 0.2) is 0 Å². The number of imidazole rings is 1. The molecule has 3 nitrogen and oxygen atoms in total. The normalized spacial score (nSPS) is 10.6. The van der Waals surface area contributed by atoms with Gasteiger partial charge >= 0.3 is 0 Å². The first-order valence-corrected chi connectivity index (χ1v) is 6.42. The Kier molecular flexibility index (Phi) is 4.40. The molecule has 1 aromatic carbocycles. The van der Waals surface area contributed by atoms with Crippen LogP contribution >= 0.6 is 0 Å². The van der Waals surface area contributed by atoms with Crippen LogP contribution in [0.4, 0.5) is 0 Å². The molecule has 0 aliphatic rings. The van der Waals surface area contributed by atoms with E-state index in [2.05, 4.69) is 29.5 Å². The van der Waals surface area contributed by atoms with E-state index in [1.54, 1.807) is 0 Å². The van der Waals surface area contributed by atoms with Crippen molar-refractivity contribution in [3.63, 3.8) is 0 Å². The van der Waals surface area contributed by atoms with Crippen molar-refractivity contribution >= 4 is 0 Å². The first kappa shape index (κ1) is 12.7. The molecule has 96 valence electrons. The highest BCUT2D eigenvalue weighted by molar-refractivity contribution is 5.38. The fraction of sp³-hybridized carbons (Fsp3) is 0.400. The second-order valence-electron chi connectivity index (χ2n) is 4.55. The van der Waals surface area contributed by atoms with E-state index in [1.807, 2.05) is 30.9 Å². The van der Waals surface area contributed by atoms with Crippen LogP contribution in [0.15, 0.2) is 36.9 Å². The fourth-order valence-electron chi connectivity index (χ4n) is 1.88. The van der Waals surface area contributed by atoms with Gasteiger partial charge in [0.25, 0.3) is 0 Å². The molecule has 0 amide bonds. The average Bonchev–Trinajstić information content (AvgIpc) is 2.87. The quantitative estimate of drug-likeness (QED) is 0.728. The zero-order valence-corrected chi connectivity index (χ0v) is 11.1. The molecule has 0 unspecified atom stereocenters. The monoisotopic (exact) mass is 244 g/mol. The maximum Gasteiger partial charge on any atom is 0.122 e. The zero-order chi connectivity index (χ0) is 12.8. The number of aromatic nitrogens is 2. The van der Waals surface area contributed by atoms with E-state index >= 15 is 0 Å². The Labute approximate surface area is 108 Å². The van der Waals surface area contributed by atoms with E-state index in [0.29, 0.717) is 0 Å². The van der Waals surface area contributed by atoms with Crippen molar-refractivity contribution < 1.29 is 4.74 Å². The molecule has 0 spiro atoms. The highest BCUT2D eigenvalue weighted by Gasteiger charge is 2.01. The van der Waals surface area contributed by atoms with Crippen LogP contribution in [0.5, 0.6) is 5.75 Å². The van der Waals surface area contributed by atoms with Gasteiger partial charge in [0.05, 0.1) is 12.9 Å². The van der Waals surface area contributed by atoms with Gasteiger partial charge in [0.1, 0.15) is 5.75 Å². The van der Waals surface area contributed by atoms with Gasteiger partial charge in [-0.2, -0.15) is 0 Å². The van der Waals surface area contributed by atoms with Crippen molar-refractivity contribution in [3.05, 3.63) is 48.0 Å². The van der Waals surface area contributed by atoms with Gasteiger partial charge in [-0.3, -0.25) is 0 Å². The highest BCUT2D eigenvalue weighted by atomic mass is 16.5. The molecule has 0 saturated carbocycles. The second-order valence-corrected chi connectivity index (χ2v) is 4.55. The lowest BCUT2D eigenvalue weighted by molar-refractivity contribution is 0.301. The Balaban J connectivity index is 1.70. The topological polar surface area (TPSA) is 27.1 Å². The van der Waals surface area contributed by atoms with Crippen molar-refractivity contribution in [2.75, 3.05) is 6.61 Å². The van der Waals surface area contributed by atoms with E-state index in [1.165, 1.54) is 11.1 Å². The second kappa shape index (κ2) is 6.24. The van der Waals surface area contributed by atoms with Crippen molar-refractivity contribution in [2.24, 2.45) is 0 Å². The summed E-state index contributed by atoms with van der Waals surface area (Å²) < 4.78 is 7.91. The van der Waals surface area contributed by atoms with Crippen LogP contribution in [0.25, 0.3) is 0 Å². The van der Waals surface area contributed by atoms with Crippen molar-refractivity contribution in [2.45, 2.75) is 33.2 Å². The average molecular weight is 244 g/mol. The molecule has 2 aromatic rings. The van der Waals surface area contributed by atoms with Gasteiger partial charge in [0, 0.05) is 18.9 Å². The Bertz CT molecular complexity index is 477. The molecule has 0 atom stereocenters. The molecule has 0 saturated heterocycles. The number of ether oxygens (including phenoxy) is 1. The SMILES string of the molecule is Cc1cccc(OCCCCn2ccnc2)c1C. The first-order chi connectivity index (χ1) is 8.77. The molecule has 1 heterocycles. The number of benzene rings is 1. The molecule has 3 heteroatoms. The summed E-state index contributed by atoms with van der Waals surface area (Å²) in [5.74, 6) is 1.01. The lowest BCUT2D eigenvalue weighted by Crippen LogP contribution is -2.02. The van der Waals surface area contributed by atoms with E-state index in [9.17, 15) is 0 Å². The summed E-state index contributed by atoms with van der Waals surface area (Å²) in [7, 11) is 0. The predicted molar refractivity (Wildman–Crippen MR) is 72.9 cm³/mol. The van der Waals surface area contributed by atoms with E-state index in [-0.39, 0.29) is 0 Å². The van der Waals surface area contributed by atoms with Crippen LogP contribution in [0.2, 0.25) is 0 Å². The Hall–Kier alpha value is -1.77. The molecule has 0 aliphatic heterocycles. The highest BCUT2D eigenvalue weighted by Crippen LogP contribution is 2.20. The molecule has 0 N–H and O–H groups in total. The summed E-state index contributed by atoms with van der Waals surface area (Å²) in [6.07, 6.45) is 7.83. The summed E-state index contributed by atoms with van der Waals surface area (Å²) >= 11 is 0. The van der Waals surface area contributed by atoms with Crippen LogP contribution in [-0.4, -0.2) is 16.2 Å². The first-order valence-electron chi connectivity index (χ1n) is 6.42. The van der Waals surface area contributed by atoms with Gasteiger partial charge in [-0.1, -0.05) is 12.1 Å². The number of rotatable bonds is 6. The summed E-state index contributed by atoms with van der Waals surface area (Å²) in [5, 5.41) is 0. The summed E-state index contributed by atoms with van der Waals surface area (Å²) in [6.45, 7) is 6.01. The third-order valence-electron chi connectivity index (χ3n) is 3.18. The summed E-state index contributed by atoms with van der Waals surface area (Å²) in [4.78, 5) is 4.02. The molecular formula is C15H20N2O. The lowest BCUT2D eigenvalue weighted by Gasteiger charge is -2.10. The molecule has 0 fully saturated rings. The van der Waals surface area contributed by atoms with Crippen LogP contribution in [-0.2, 0) is 6.54 Å². The molecular weight excluding hydrogens is 224 g/mol.